The van der Waals surface area contributed by atoms with Crippen molar-refractivity contribution in [1.82, 2.24) is 29.9 Å². The van der Waals surface area contributed by atoms with E-state index in [0.29, 0.717) is 67.3 Å². The number of pyridine rings is 4. The topological polar surface area (TPSA) is 77.3 Å². The van der Waals surface area contributed by atoms with Gasteiger partial charge in [-0.15, -0.1) is 179 Å². The average molecular weight is 1960 g/mol. The molecular weight excluding hydrogens is 1860 g/mol. The monoisotopic (exact) mass is 1960 g/mol. The van der Waals surface area contributed by atoms with Crippen molar-refractivity contribution in [1.29, 1.82) is 0 Å². The molecule has 0 radical (unpaired) electrons. The fraction of sp³-hybridized carbons (Fsp3) is 0.0690. The number of benzene rings is 14. The predicted octanol–water partition coefficient (Wildman–Crippen LogP) is 29.3. The van der Waals surface area contributed by atoms with Crippen LogP contribution >= 0.6 is 0 Å². The van der Waals surface area contributed by atoms with E-state index < -0.39 is 41.1 Å². The molecule has 0 N–H and O–H groups in total. The minimum atomic E-state index is -2.73. The van der Waals surface area contributed by atoms with Crippen LogP contribution in [-0.2, 0) is 40.2 Å². The van der Waals surface area contributed by atoms with Crippen LogP contribution in [0.2, 0.25) is 0 Å². The van der Waals surface area contributed by atoms with Gasteiger partial charge in [0.2, 0.25) is 0 Å². The summed E-state index contributed by atoms with van der Waals surface area (Å²) in [5.41, 5.74) is 27.6. The molecule has 0 bridgehead atoms. The number of hydrogen-bond acceptors (Lipinski definition) is 6. The smallest absolute Gasteiger partial charge is 0.304 e. The summed E-state index contributed by atoms with van der Waals surface area (Å²) in [5, 5.41) is 0. The number of nitrogens with zero attached hydrogens (tertiary/aromatic N) is 6. The molecule has 5 aromatic heterocycles. The van der Waals surface area contributed by atoms with Crippen molar-refractivity contribution in [3.8, 4) is 201 Å². The van der Waals surface area contributed by atoms with E-state index in [1.165, 1.54) is 18.3 Å². The molecule has 5 heterocycles. The molecular formula is C116H82Ir2N6. The van der Waals surface area contributed by atoms with Gasteiger partial charge in [-0.3, -0.25) is 9.97 Å². The van der Waals surface area contributed by atoms with Crippen molar-refractivity contribution < 1.29 is 66.3 Å². The zero-order valence-electron chi connectivity index (χ0n) is 85.8. The number of hydrogen-bond donors (Lipinski definition) is 0. The standard InChI is InChI=1S/C116H82N6.2Ir/c1-73-57-111(117-68-77(73)5)87-45-33-81(34-46-87)99-21-9-15-27-105(99)93-61-94(106-28-16-10-22-100(106)82-35-47-88(48-36-82)112-58-74(2)78(6)69-118-112)64-97(63-93)109-31-19-13-25-103(109)85-41-53-91(54-42-85)115-67-116(122-72-121-115)92-55-43-86(44-56-92)104-26-14-20-32-110(104)98-65-95(107-29-17-11-23-101(107)83-37-49-89(50-38-83)113-59-75(3)79(7)70-119-113)62-96(66-98)108-30-18-12-24-102(108)84-39-51-90(52-40-84)114-60-76(4)80(8)71-120-114;;/h9-45,47,49,51,53,55,57-72H,1-8H3;;/q-6;2*+3/i1D3,2D3,3D3,5D3,6D3,8D3,72D;;. The van der Waals surface area contributed by atoms with Crippen LogP contribution in [0.3, 0.4) is 0 Å². The Labute approximate surface area is 780 Å². The Morgan fingerprint density at radius 2 is 0.379 bits per heavy atom. The Bertz CT molecular complexity index is 7780. The van der Waals surface area contributed by atoms with Gasteiger partial charge >= 0.3 is 40.2 Å². The van der Waals surface area contributed by atoms with Gasteiger partial charge in [-0.05, 0) is 215 Å². The van der Waals surface area contributed by atoms with E-state index in [4.69, 9.17) is 26.0 Å². The summed E-state index contributed by atoms with van der Waals surface area (Å²) in [6.45, 7) is -12.0. The van der Waals surface area contributed by atoms with Crippen molar-refractivity contribution in [3.05, 3.63) is 434 Å². The zero-order valence-corrected chi connectivity index (χ0v) is 71.5. The Kier molecular flexibility index (Phi) is 18.1. The van der Waals surface area contributed by atoms with Gasteiger partial charge < -0.3 is 19.9 Å². The van der Waals surface area contributed by atoms with E-state index in [0.717, 1.165) is 146 Å². The molecule has 124 heavy (non-hydrogen) atoms. The third-order valence-corrected chi connectivity index (χ3v) is 22.3. The van der Waals surface area contributed by atoms with E-state index in [2.05, 4.69) is 151 Å². The SMILES string of the molecule is [2H]c1nc(-c2[c-]cc(-c3ccccc3-c3cc(-c4ccccc4-c4c[c-]c(-c5cc(C)c(C([2H])([2H])[2H])cn5)cc4)cc(-c4ccccc4-c4c[c-]c(-c5cc(C([2H])([2H])[2H])c(C)cn5)cc4)c3)cc2)cc(-c2[c-]cc(-c3ccccc3-c3cc(-c4ccccc4-c4c[c-]c(-c5cc(C([2H])([2H])[2H])c(C([2H])([2H])[2H])cn5)cc4)cc(-c4ccccc4-c4c[c-]c(-c5cc(C([2H])([2H])[2H])c(C([2H])([2H])[2H])cn5)cc4)c3)cc2)n1.[Ir+3].[Ir+3]. The Hall–Kier alpha value is -13.9. The van der Waals surface area contributed by atoms with Gasteiger partial charge in [0.05, 0.1) is 6.30 Å². The average Bonchev–Trinajstić information content (AvgIpc) is 0.797. The molecule has 0 saturated carbocycles. The summed E-state index contributed by atoms with van der Waals surface area (Å²) < 4.78 is 156. The molecule has 0 aliphatic heterocycles. The van der Waals surface area contributed by atoms with Crippen LogP contribution in [0.1, 0.15) is 70.6 Å². The molecule has 14 aromatic carbocycles. The molecule has 0 aliphatic rings. The van der Waals surface area contributed by atoms with Gasteiger partial charge in [-0.1, -0.05) is 265 Å². The first-order valence-electron chi connectivity index (χ1n) is 49.2. The second kappa shape index (κ2) is 36.0. The minimum Gasteiger partial charge on any atom is -0.304 e. The Balaban J connectivity index is 0.00000702. The first-order valence-corrected chi connectivity index (χ1v) is 39.7. The third kappa shape index (κ3) is 17.0. The maximum Gasteiger partial charge on any atom is 3.00 e. The summed E-state index contributed by atoms with van der Waals surface area (Å²) >= 11 is 0. The van der Waals surface area contributed by atoms with E-state index >= 15 is 0 Å². The van der Waals surface area contributed by atoms with Crippen molar-refractivity contribution in [3.63, 3.8) is 0 Å². The van der Waals surface area contributed by atoms with Gasteiger partial charge in [0, 0.05) is 49.5 Å². The molecule has 0 atom stereocenters. The van der Waals surface area contributed by atoms with Crippen LogP contribution in [0.15, 0.2) is 353 Å². The first-order chi connectivity index (χ1) is 67.4. The van der Waals surface area contributed by atoms with Gasteiger partial charge in [0.25, 0.3) is 0 Å². The van der Waals surface area contributed by atoms with E-state index in [-0.39, 0.29) is 91.3 Å². The van der Waals surface area contributed by atoms with Gasteiger partial charge in [-0.25, -0.2) is 0 Å². The van der Waals surface area contributed by atoms with Crippen molar-refractivity contribution in [2.24, 2.45) is 0 Å². The van der Waals surface area contributed by atoms with Crippen LogP contribution in [0, 0.1) is 91.4 Å². The Morgan fingerprint density at radius 1 is 0.194 bits per heavy atom. The van der Waals surface area contributed by atoms with Gasteiger partial charge in [-0.2, -0.15) is 0 Å². The molecule has 19 aromatic rings. The van der Waals surface area contributed by atoms with Crippen LogP contribution in [0.4, 0.5) is 0 Å². The largest absolute Gasteiger partial charge is 3.00 e. The Morgan fingerprint density at radius 3 is 0.581 bits per heavy atom. The molecule has 0 unspecified atom stereocenters. The quantitative estimate of drug-likeness (QED) is 0.0797. The predicted molar refractivity (Wildman–Crippen MR) is 502 cm³/mol. The van der Waals surface area contributed by atoms with Crippen LogP contribution < -0.4 is 0 Å². The molecule has 6 nitrogen and oxygen atoms in total. The number of aromatic nitrogens is 6. The number of rotatable bonds is 18. The van der Waals surface area contributed by atoms with Crippen LogP contribution in [0.5, 0.6) is 0 Å². The van der Waals surface area contributed by atoms with Crippen molar-refractivity contribution in [2.45, 2.75) is 55.0 Å². The van der Waals surface area contributed by atoms with Gasteiger partial charge in [0.1, 0.15) is 1.37 Å². The number of aryl methyl sites for hydroxylation is 8. The van der Waals surface area contributed by atoms with Crippen molar-refractivity contribution in [2.75, 3.05) is 0 Å². The summed E-state index contributed by atoms with van der Waals surface area (Å²) in [6, 6.07) is 125. The zero-order chi connectivity index (χ0) is 98.8. The molecule has 0 amide bonds. The fourth-order valence-electron chi connectivity index (χ4n) is 15.8. The summed E-state index contributed by atoms with van der Waals surface area (Å²) in [6.07, 6.45) is 5.02. The summed E-state index contributed by atoms with van der Waals surface area (Å²) in [5.74, 6) is 0. The first kappa shape index (κ1) is 62.2. The summed E-state index contributed by atoms with van der Waals surface area (Å²) in [4.78, 5) is 27.3. The van der Waals surface area contributed by atoms with E-state index in [9.17, 15) is 0 Å². The van der Waals surface area contributed by atoms with E-state index in [1.54, 1.807) is 56.4 Å². The molecule has 0 aliphatic carbocycles. The minimum absolute atomic E-state index is 0. The van der Waals surface area contributed by atoms with Crippen molar-refractivity contribution >= 4 is 0 Å². The second-order valence-electron chi connectivity index (χ2n) is 30.1. The molecule has 594 valence electrons. The third-order valence-electron chi connectivity index (χ3n) is 22.3. The maximum absolute atomic E-state index is 9.10. The van der Waals surface area contributed by atoms with Crippen LogP contribution in [0.25, 0.3) is 201 Å². The molecule has 19 rings (SSSR count). The second-order valence-corrected chi connectivity index (χ2v) is 30.1. The molecule has 0 saturated heterocycles. The van der Waals surface area contributed by atoms with Crippen LogP contribution in [-0.4, -0.2) is 29.9 Å². The summed E-state index contributed by atoms with van der Waals surface area (Å²) in [7, 11) is 0. The fourth-order valence-corrected chi connectivity index (χ4v) is 15.8. The molecule has 0 fully saturated rings. The normalized spacial score (nSPS) is 14.0. The molecule has 0 spiro atoms. The van der Waals surface area contributed by atoms with E-state index in [1.807, 2.05) is 188 Å². The molecule has 8 heteroatoms. The van der Waals surface area contributed by atoms with Gasteiger partial charge in [0.15, 0.2) is 0 Å². The maximum atomic E-state index is 9.10.